The van der Waals surface area contributed by atoms with Crippen LogP contribution in [0.15, 0.2) is 60.8 Å². The van der Waals surface area contributed by atoms with Crippen molar-refractivity contribution in [3.63, 3.8) is 0 Å². The minimum Gasteiger partial charge on any atom is -0.359 e. The first kappa shape index (κ1) is 16.9. The number of allylic oxidation sites excluding steroid dienone is 1. The molecule has 0 bridgehead atoms. The number of nitrogens with one attached hydrogen (secondary N) is 1. The normalized spacial score (nSPS) is 12.6. The number of benzene rings is 2. The first-order chi connectivity index (χ1) is 13.7. The molecule has 3 heteroatoms. The molecular weight excluding hydrogens is 342 g/mol. The van der Waals surface area contributed by atoms with Gasteiger partial charge in [0.25, 0.3) is 0 Å². The van der Waals surface area contributed by atoms with Crippen molar-refractivity contribution in [3.05, 3.63) is 100 Å². The van der Waals surface area contributed by atoms with Crippen molar-refractivity contribution in [2.45, 2.75) is 32.6 Å². The molecule has 0 aliphatic heterocycles. The topological polar surface area (TPSA) is 41.6 Å². The lowest BCUT2D eigenvalue weighted by Crippen LogP contribution is -2.02. The van der Waals surface area contributed by atoms with Crippen LogP contribution in [-0.4, -0.2) is 15.0 Å². The van der Waals surface area contributed by atoms with Crippen molar-refractivity contribution >= 4 is 17.0 Å². The Kier molecular flexibility index (Phi) is 4.28. The van der Waals surface area contributed by atoms with E-state index in [1.165, 1.54) is 38.9 Å². The molecule has 0 saturated heterocycles. The largest absolute Gasteiger partial charge is 0.359 e. The van der Waals surface area contributed by atoms with Crippen LogP contribution in [0.3, 0.4) is 0 Å². The fraction of sp³-hybridized carbons (Fsp3) is 0.200. The van der Waals surface area contributed by atoms with E-state index in [4.69, 9.17) is 4.98 Å². The standard InChI is InChI=1S/C25H23N3/c1-17-13-22-15-19(7-10-24(22)27-17)16-25-26-12-11-23(28-25)9-6-18-5-8-20-3-2-4-21(20)14-18/h2,4-5,7-8,10-15,27H,3,6,9,16H2,1H3. The summed E-state index contributed by atoms with van der Waals surface area (Å²) in [5, 5.41) is 1.25. The highest BCUT2D eigenvalue weighted by molar-refractivity contribution is 5.81. The average molecular weight is 365 g/mol. The fourth-order valence-electron chi connectivity index (χ4n) is 4.01. The molecule has 138 valence electrons. The molecule has 28 heavy (non-hydrogen) atoms. The molecule has 2 heterocycles. The van der Waals surface area contributed by atoms with Crippen LogP contribution in [0.25, 0.3) is 17.0 Å². The van der Waals surface area contributed by atoms with Crippen molar-refractivity contribution < 1.29 is 0 Å². The summed E-state index contributed by atoms with van der Waals surface area (Å²) in [4.78, 5) is 12.7. The molecule has 2 aromatic heterocycles. The van der Waals surface area contributed by atoms with Crippen LogP contribution < -0.4 is 0 Å². The zero-order valence-corrected chi connectivity index (χ0v) is 16.1. The summed E-state index contributed by atoms with van der Waals surface area (Å²) in [5.41, 5.74) is 8.90. The summed E-state index contributed by atoms with van der Waals surface area (Å²) in [7, 11) is 0. The maximum Gasteiger partial charge on any atom is 0.132 e. The third-order valence-corrected chi connectivity index (χ3v) is 5.46. The predicted molar refractivity (Wildman–Crippen MR) is 114 cm³/mol. The summed E-state index contributed by atoms with van der Waals surface area (Å²) in [6.45, 7) is 2.09. The number of aromatic amines is 1. The van der Waals surface area contributed by atoms with Crippen molar-refractivity contribution in [3.8, 4) is 0 Å². The van der Waals surface area contributed by atoms with Crippen molar-refractivity contribution in [1.82, 2.24) is 15.0 Å². The van der Waals surface area contributed by atoms with Gasteiger partial charge < -0.3 is 4.98 Å². The van der Waals surface area contributed by atoms with Crippen LogP contribution in [0.4, 0.5) is 0 Å². The minimum absolute atomic E-state index is 0.762. The average Bonchev–Trinajstić information content (AvgIpc) is 3.31. The highest BCUT2D eigenvalue weighted by atomic mass is 14.9. The van der Waals surface area contributed by atoms with Crippen molar-refractivity contribution in [1.29, 1.82) is 0 Å². The van der Waals surface area contributed by atoms with E-state index in [2.05, 4.69) is 71.5 Å². The smallest absolute Gasteiger partial charge is 0.132 e. The second kappa shape index (κ2) is 7.08. The van der Waals surface area contributed by atoms with Gasteiger partial charge >= 0.3 is 0 Å². The Morgan fingerprint density at radius 2 is 1.89 bits per heavy atom. The molecule has 0 atom stereocenters. The summed E-state index contributed by atoms with van der Waals surface area (Å²) >= 11 is 0. The molecule has 3 nitrogen and oxygen atoms in total. The second-order valence-electron chi connectivity index (χ2n) is 7.65. The van der Waals surface area contributed by atoms with Gasteiger partial charge in [-0.05, 0) is 78.1 Å². The van der Waals surface area contributed by atoms with E-state index >= 15 is 0 Å². The quantitative estimate of drug-likeness (QED) is 0.527. The molecule has 0 spiro atoms. The number of fused-ring (bicyclic) bond motifs is 2. The minimum atomic E-state index is 0.762. The van der Waals surface area contributed by atoms with Crippen LogP contribution in [0, 0.1) is 6.92 Å². The van der Waals surface area contributed by atoms with Gasteiger partial charge in [0.2, 0.25) is 0 Å². The maximum absolute atomic E-state index is 4.81. The second-order valence-corrected chi connectivity index (χ2v) is 7.65. The van der Waals surface area contributed by atoms with E-state index in [0.717, 1.165) is 37.2 Å². The number of nitrogens with zero attached hydrogens (tertiary/aromatic N) is 2. The molecule has 0 radical (unpaired) electrons. The first-order valence-electron chi connectivity index (χ1n) is 9.90. The number of aromatic nitrogens is 3. The third kappa shape index (κ3) is 3.48. The lowest BCUT2D eigenvalue weighted by molar-refractivity contribution is 0.859. The Morgan fingerprint density at radius 1 is 0.964 bits per heavy atom. The van der Waals surface area contributed by atoms with E-state index < -0.39 is 0 Å². The Morgan fingerprint density at radius 3 is 2.86 bits per heavy atom. The van der Waals surface area contributed by atoms with Gasteiger partial charge in [0, 0.05) is 29.5 Å². The molecule has 0 fully saturated rings. The van der Waals surface area contributed by atoms with E-state index in [1.807, 2.05) is 12.3 Å². The van der Waals surface area contributed by atoms with Crippen LogP contribution >= 0.6 is 0 Å². The molecule has 4 aromatic rings. The monoisotopic (exact) mass is 365 g/mol. The van der Waals surface area contributed by atoms with E-state index in [0.29, 0.717) is 0 Å². The summed E-state index contributed by atoms with van der Waals surface area (Å²) < 4.78 is 0. The number of hydrogen-bond donors (Lipinski definition) is 1. The van der Waals surface area contributed by atoms with Gasteiger partial charge in [-0.15, -0.1) is 0 Å². The molecule has 0 saturated carbocycles. The molecule has 1 aliphatic carbocycles. The fourth-order valence-corrected chi connectivity index (χ4v) is 4.01. The SMILES string of the molecule is Cc1cc2cc(Cc3nccc(CCc4ccc5c(c4)C=CC5)n3)ccc2[nH]1. The zero-order valence-electron chi connectivity index (χ0n) is 16.1. The lowest BCUT2D eigenvalue weighted by Gasteiger charge is -2.06. The summed E-state index contributed by atoms with van der Waals surface area (Å²) in [5.74, 6) is 0.890. The highest BCUT2D eigenvalue weighted by Crippen LogP contribution is 2.22. The number of H-pyrrole nitrogens is 1. The maximum atomic E-state index is 4.81. The van der Waals surface area contributed by atoms with Gasteiger partial charge in [0.15, 0.2) is 0 Å². The molecule has 0 amide bonds. The zero-order chi connectivity index (χ0) is 18.9. The van der Waals surface area contributed by atoms with Crippen LogP contribution in [0.5, 0.6) is 0 Å². The first-order valence-corrected chi connectivity index (χ1v) is 9.90. The van der Waals surface area contributed by atoms with Crippen LogP contribution in [0.2, 0.25) is 0 Å². The summed E-state index contributed by atoms with van der Waals surface area (Å²) in [6.07, 6.45) is 10.1. The van der Waals surface area contributed by atoms with Crippen molar-refractivity contribution in [2.75, 3.05) is 0 Å². The lowest BCUT2D eigenvalue weighted by atomic mass is 10.0. The number of rotatable bonds is 5. The van der Waals surface area contributed by atoms with Gasteiger partial charge in [-0.25, -0.2) is 9.97 Å². The molecule has 1 N–H and O–H groups in total. The van der Waals surface area contributed by atoms with E-state index in [-0.39, 0.29) is 0 Å². The van der Waals surface area contributed by atoms with Gasteiger partial charge in [0.05, 0.1) is 0 Å². The number of aryl methyl sites for hydroxylation is 3. The van der Waals surface area contributed by atoms with Crippen molar-refractivity contribution in [2.24, 2.45) is 0 Å². The number of hydrogen-bond acceptors (Lipinski definition) is 2. The van der Waals surface area contributed by atoms with Gasteiger partial charge in [-0.2, -0.15) is 0 Å². The Labute approximate surface area is 165 Å². The van der Waals surface area contributed by atoms with E-state index in [1.54, 1.807) is 0 Å². The highest BCUT2D eigenvalue weighted by Gasteiger charge is 2.07. The predicted octanol–water partition coefficient (Wildman–Crippen LogP) is 5.21. The van der Waals surface area contributed by atoms with Crippen LogP contribution in [-0.2, 0) is 25.7 Å². The summed E-state index contributed by atoms with van der Waals surface area (Å²) in [6, 6.07) is 17.6. The molecule has 0 unspecified atom stereocenters. The Hall–Kier alpha value is -3.20. The Balaban J connectivity index is 1.29. The Bertz CT molecular complexity index is 1180. The molecule has 5 rings (SSSR count). The third-order valence-electron chi connectivity index (χ3n) is 5.46. The van der Waals surface area contributed by atoms with Gasteiger partial charge in [-0.3, -0.25) is 0 Å². The molecule has 2 aromatic carbocycles. The van der Waals surface area contributed by atoms with E-state index in [9.17, 15) is 0 Å². The molecule has 1 aliphatic rings. The molecular formula is C25H23N3. The van der Waals surface area contributed by atoms with Crippen LogP contribution in [0.1, 0.15) is 39.5 Å². The van der Waals surface area contributed by atoms with Gasteiger partial charge in [-0.1, -0.05) is 36.4 Å². The van der Waals surface area contributed by atoms with Gasteiger partial charge in [0.1, 0.15) is 5.82 Å².